The predicted molar refractivity (Wildman–Crippen MR) is 97.1 cm³/mol. The zero-order chi connectivity index (χ0) is 19.1. The molecule has 0 unspecified atom stereocenters. The van der Waals surface area contributed by atoms with Crippen LogP contribution in [0.1, 0.15) is 15.9 Å². The average Bonchev–Trinajstić information content (AvgIpc) is 2.64. The van der Waals surface area contributed by atoms with Crippen LogP contribution in [-0.2, 0) is 9.53 Å². The van der Waals surface area contributed by atoms with E-state index in [2.05, 4.69) is 6.58 Å². The van der Waals surface area contributed by atoms with E-state index in [9.17, 15) is 19.7 Å². The number of anilines is 1. The SMILES string of the molecule is C=CCN(C(=O)COC(=O)c1ccc(C)c([N+](=O)[O-])c1)c1ccccc1. The summed E-state index contributed by atoms with van der Waals surface area (Å²) < 4.78 is 5.03. The summed E-state index contributed by atoms with van der Waals surface area (Å²) in [5, 5.41) is 11.0. The summed E-state index contributed by atoms with van der Waals surface area (Å²) in [4.78, 5) is 36.3. The summed E-state index contributed by atoms with van der Waals surface area (Å²) >= 11 is 0. The number of hydrogen-bond donors (Lipinski definition) is 0. The van der Waals surface area contributed by atoms with Gasteiger partial charge in [0.05, 0.1) is 10.5 Å². The van der Waals surface area contributed by atoms with E-state index in [4.69, 9.17) is 4.74 Å². The van der Waals surface area contributed by atoms with E-state index in [1.54, 1.807) is 37.3 Å². The molecular weight excluding hydrogens is 336 g/mol. The summed E-state index contributed by atoms with van der Waals surface area (Å²) in [7, 11) is 0. The Labute approximate surface area is 150 Å². The number of ether oxygens (including phenoxy) is 1. The molecule has 0 aromatic heterocycles. The Bertz CT molecular complexity index is 833. The Morgan fingerprint density at radius 1 is 1.23 bits per heavy atom. The lowest BCUT2D eigenvalue weighted by molar-refractivity contribution is -0.385. The third-order valence-electron chi connectivity index (χ3n) is 3.65. The van der Waals surface area contributed by atoms with Crippen LogP contribution in [0.2, 0.25) is 0 Å². The predicted octanol–water partition coefficient (Wildman–Crippen LogP) is 3.28. The van der Waals surface area contributed by atoms with Crippen LogP contribution in [0.4, 0.5) is 11.4 Å². The molecule has 0 aliphatic carbocycles. The molecule has 7 nitrogen and oxygen atoms in total. The standard InChI is InChI=1S/C19H18N2O5/c1-3-11-20(16-7-5-4-6-8-16)18(22)13-26-19(23)15-10-9-14(2)17(12-15)21(24)25/h3-10,12H,1,11,13H2,2H3. The van der Waals surface area contributed by atoms with Crippen molar-refractivity contribution in [2.24, 2.45) is 0 Å². The van der Waals surface area contributed by atoms with Gasteiger partial charge < -0.3 is 9.64 Å². The number of aryl methyl sites for hydroxylation is 1. The molecule has 0 radical (unpaired) electrons. The van der Waals surface area contributed by atoms with Crippen LogP contribution in [-0.4, -0.2) is 30.0 Å². The van der Waals surface area contributed by atoms with Crippen molar-refractivity contribution in [3.8, 4) is 0 Å². The molecule has 0 saturated carbocycles. The van der Waals surface area contributed by atoms with Crippen LogP contribution in [0.15, 0.2) is 61.2 Å². The number of rotatable bonds is 7. The lowest BCUT2D eigenvalue weighted by Crippen LogP contribution is -2.34. The zero-order valence-corrected chi connectivity index (χ0v) is 14.3. The molecule has 2 rings (SSSR count). The molecular formula is C19H18N2O5. The van der Waals surface area contributed by atoms with Gasteiger partial charge >= 0.3 is 5.97 Å². The molecule has 0 bridgehead atoms. The molecule has 2 aromatic rings. The minimum absolute atomic E-state index is 0.0186. The van der Waals surface area contributed by atoms with Crippen LogP contribution in [0.5, 0.6) is 0 Å². The van der Waals surface area contributed by atoms with Crippen molar-refractivity contribution in [1.82, 2.24) is 0 Å². The fraction of sp³-hybridized carbons (Fsp3) is 0.158. The molecule has 26 heavy (non-hydrogen) atoms. The zero-order valence-electron chi connectivity index (χ0n) is 14.3. The molecule has 0 atom stereocenters. The second-order valence-electron chi connectivity index (χ2n) is 5.46. The number of para-hydroxylation sites is 1. The molecule has 0 fully saturated rings. The van der Waals surface area contributed by atoms with Gasteiger partial charge in [-0.05, 0) is 25.1 Å². The van der Waals surface area contributed by atoms with E-state index < -0.39 is 23.4 Å². The smallest absolute Gasteiger partial charge is 0.338 e. The molecule has 2 aromatic carbocycles. The second kappa shape index (κ2) is 8.57. The summed E-state index contributed by atoms with van der Waals surface area (Å²) in [6, 6.07) is 12.9. The first-order chi connectivity index (χ1) is 12.4. The van der Waals surface area contributed by atoms with Crippen LogP contribution in [0.25, 0.3) is 0 Å². The van der Waals surface area contributed by atoms with Crippen LogP contribution < -0.4 is 4.90 Å². The lowest BCUT2D eigenvalue weighted by Gasteiger charge is -2.21. The summed E-state index contributed by atoms with van der Waals surface area (Å²) in [5.41, 5.74) is 0.928. The van der Waals surface area contributed by atoms with Crippen LogP contribution in [0.3, 0.4) is 0 Å². The molecule has 0 aliphatic heterocycles. The van der Waals surface area contributed by atoms with E-state index in [1.165, 1.54) is 17.0 Å². The summed E-state index contributed by atoms with van der Waals surface area (Å²) in [6.07, 6.45) is 1.57. The monoisotopic (exact) mass is 354 g/mol. The van der Waals surface area contributed by atoms with E-state index in [1.807, 2.05) is 6.07 Å². The summed E-state index contributed by atoms with van der Waals surface area (Å²) in [6.45, 7) is 4.97. The molecule has 0 spiro atoms. The van der Waals surface area contributed by atoms with Crippen molar-refractivity contribution < 1.29 is 19.2 Å². The maximum atomic E-state index is 12.4. The van der Waals surface area contributed by atoms with E-state index in [-0.39, 0.29) is 17.8 Å². The topological polar surface area (TPSA) is 89.8 Å². The van der Waals surface area contributed by atoms with Gasteiger partial charge in [-0.15, -0.1) is 6.58 Å². The molecule has 134 valence electrons. The first-order valence-corrected chi connectivity index (χ1v) is 7.82. The minimum Gasteiger partial charge on any atom is -0.452 e. The number of nitrogens with zero attached hydrogens (tertiary/aromatic N) is 2. The lowest BCUT2D eigenvalue weighted by atomic mass is 10.1. The number of carbonyl (C=O) groups excluding carboxylic acids is 2. The number of nitro groups is 1. The van der Waals surface area contributed by atoms with Gasteiger partial charge in [-0.3, -0.25) is 14.9 Å². The fourth-order valence-electron chi connectivity index (χ4n) is 2.31. The molecule has 0 heterocycles. The third kappa shape index (κ3) is 4.54. The quantitative estimate of drug-likeness (QED) is 0.329. The fourth-order valence-corrected chi connectivity index (χ4v) is 2.31. The van der Waals surface area contributed by atoms with Crippen molar-refractivity contribution in [3.63, 3.8) is 0 Å². The number of carbonyl (C=O) groups is 2. The van der Waals surface area contributed by atoms with Crippen molar-refractivity contribution in [2.75, 3.05) is 18.1 Å². The van der Waals surface area contributed by atoms with Crippen molar-refractivity contribution in [2.45, 2.75) is 6.92 Å². The van der Waals surface area contributed by atoms with Gasteiger partial charge in [0.1, 0.15) is 0 Å². The van der Waals surface area contributed by atoms with Gasteiger partial charge in [0.2, 0.25) is 0 Å². The summed E-state index contributed by atoms with van der Waals surface area (Å²) in [5.74, 6) is -1.22. The van der Waals surface area contributed by atoms with Crippen LogP contribution >= 0.6 is 0 Å². The van der Waals surface area contributed by atoms with Gasteiger partial charge in [0.25, 0.3) is 11.6 Å². The molecule has 0 N–H and O–H groups in total. The largest absolute Gasteiger partial charge is 0.452 e. The van der Waals surface area contributed by atoms with E-state index in [0.29, 0.717) is 11.3 Å². The van der Waals surface area contributed by atoms with Crippen LogP contribution in [0, 0.1) is 17.0 Å². The van der Waals surface area contributed by atoms with Gasteiger partial charge in [-0.1, -0.05) is 30.3 Å². The third-order valence-corrected chi connectivity index (χ3v) is 3.65. The number of hydrogen-bond acceptors (Lipinski definition) is 5. The highest BCUT2D eigenvalue weighted by atomic mass is 16.6. The maximum absolute atomic E-state index is 12.4. The van der Waals surface area contributed by atoms with Gasteiger partial charge in [-0.25, -0.2) is 4.79 Å². The Kier molecular flexibility index (Phi) is 6.21. The Balaban J connectivity index is 2.08. The minimum atomic E-state index is -0.798. The normalized spacial score (nSPS) is 10.0. The van der Waals surface area contributed by atoms with Crippen molar-refractivity contribution in [1.29, 1.82) is 0 Å². The Morgan fingerprint density at radius 2 is 1.92 bits per heavy atom. The van der Waals surface area contributed by atoms with E-state index in [0.717, 1.165) is 6.07 Å². The Hall–Kier alpha value is -3.48. The van der Waals surface area contributed by atoms with Gasteiger partial charge in [0.15, 0.2) is 6.61 Å². The molecule has 0 saturated heterocycles. The van der Waals surface area contributed by atoms with Gasteiger partial charge in [0, 0.05) is 23.9 Å². The highest BCUT2D eigenvalue weighted by Crippen LogP contribution is 2.20. The maximum Gasteiger partial charge on any atom is 0.338 e. The highest BCUT2D eigenvalue weighted by molar-refractivity contribution is 5.97. The first kappa shape index (κ1) is 18.9. The van der Waals surface area contributed by atoms with E-state index >= 15 is 0 Å². The first-order valence-electron chi connectivity index (χ1n) is 7.82. The number of esters is 1. The number of benzene rings is 2. The van der Waals surface area contributed by atoms with Gasteiger partial charge in [-0.2, -0.15) is 0 Å². The average molecular weight is 354 g/mol. The number of amides is 1. The molecule has 7 heteroatoms. The molecule has 0 aliphatic rings. The van der Waals surface area contributed by atoms with Crippen molar-refractivity contribution in [3.05, 3.63) is 82.4 Å². The second-order valence-corrected chi connectivity index (χ2v) is 5.46. The number of nitro benzene ring substituents is 1. The molecule has 1 amide bonds. The Morgan fingerprint density at radius 3 is 2.54 bits per heavy atom. The highest BCUT2D eigenvalue weighted by Gasteiger charge is 2.19. The van der Waals surface area contributed by atoms with Crippen molar-refractivity contribution >= 4 is 23.3 Å².